The molecule has 1 unspecified atom stereocenters. The summed E-state index contributed by atoms with van der Waals surface area (Å²) in [6, 6.07) is 5.91. The van der Waals surface area contributed by atoms with Crippen molar-refractivity contribution in [2.24, 2.45) is 4.99 Å². The van der Waals surface area contributed by atoms with E-state index in [0.29, 0.717) is 25.5 Å². The van der Waals surface area contributed by atoms with Gasteiger partial charge >= 0.3 is 0 Å². The fraction of sp³-hybridized carbons (Fsp3) is 0.529. The van der Waals surface area contributed by atoms with Crippen LogP contribution in [-0.2, 0) is 9.53 Å². The summed E-state index contributed by atoms with van der Waals surface area (Å²) in [6.07, 6.45) is 0.324. The molecule has 0 aromatic heterocycles. The predicted octanol–water partition coefficient (Wildman–Crippen LogP) is 3.29. The minimum absolute atomic E-state index is 0. The number of aryl methyl sites for hydroxylation is 1. The molecule has 1 rings (SSSR count). The summed E-state index contributed by atoms with van der Waals surface area (Å²) < 4.78 is 6.09. The Bertz CT molecular complexity index is 570. The van der Waals surface area contributed by atoms with E-state index in [-0.39, 0.29) is 35.9 Å². The van der Waals surface area contributed by atoms with Crippen LogP contribution in [0.25, 0.3) is 0 Å². The number of hydrogen-bond acceptors (Lipinski definition) is 3. The number of nitrogens with zero attached hydrogens (tertiary/aromatic N) is 1. The molecule has 0 radical (unpaired) electrons. The third-order valence-electron chi connectivity index (χ3n) is 3.22. The molecular formula is C17H28BrIN4O2. The van der Waals surface area contributed by atoms with E-state index in [4.69, 9.17) is 4.74 Å². The molecular weight excluding hydrogens is 499 g/mol. The number of nitrogens with one attached hydrogen (secondary N) is 3. The topological polar surface area (TPSA) is 74.8 Å². The van der Waals surface area contributed by atoms with Gasteiger partial charge in [0.05, 0.1) is 13.2 Å². The van der Waals surface area contributed by atoms with E-state index in [2.05, 4.69) is 36.9 Å². The van der Waals surface area contributed by atoms with Gasteiger partial charge in [0, 0.05) is 36.3 Å². The van der Waals surface area contributed by atoms with Crippen LogP contribution >= 0.6 is 39.9 Å². The van der Waals surface area contributed by atoms with Crippen molar-refractivity contribution in [3.63, 3.8) is 0 Å². The van der Waals surface area contributed by atoms with Crippen LogP contribution in [0.5, 0.6) is 0 Å². The van der Waals surface area contributed by atoms with Gasteiger partial charge < -0.3 is 20.7 Å². The molecule has 0 aliphatic carbocycles. The highest BCUT2D eigenvalue weighted by atomic mass is 127. The number of rotatable bonds is 8. The first-order valence-electron chi connectivity index (χ1n) is 8.06. The number of carbonyl (C=O) groups is 1. The van der Waals surface area contributed by atoms with Gasteiger partial charge in [-0.2, -0.15) is 0 Å². The lowest BCUT2D eigenvalue weighted by Crippen LogP contribution is -2.44. The third kappa shape index (κ3) is 10.0. The van der Waals surface area contributed by atoms with Crippen molar-refractivity contribution in [1.82, 2.24) is 10.6 Å². The molecule has 0 saturated heterocycles. The number of guanidine groups is 1. The summed E-state index contributed by atoms with van der Waals surface area (Å²) in [5.41, 5.74) is 1.84. The zero-order valence-electron chi connectivity index (χ0n) is 15.2. The Morgan fingerprint density at radius 2 is 2.12 bits per heavy atom. The van der Waals surface area contributed by atoms with E-state index in [9.17, 15) is 4.79 Å². The van der Waals surface area contributed by atoms with Crippen molar-refractivity contribution in [2.75, 3.05) is 32.1 Å². The van der Waals surface area contributed by atoms with Gasteiger partial charge in [0.25, 0.3) is 0 Å². The van der Waals surface area contributed by atoms with Gasteiger partial charge in [0.2, 0.25) is 5.91 Å². The molecule has 0 aliphatic rings. The fourth-order valence-electron chi connectivity index (χ4n) is 2.09. The number of hydrogen-bond donors (Lipinski definition) is 3. The van der Waals surface area contributed by atoms with Crippen molar-refractivity contribution in [1.29, 1.82) is 0 Å². The van der Waals surface area contributed by atoms with Gasteiger partial charge in [-0.1, -0.05) is 15.9 Å². The maximum atomic E-state index is 12.1. The lowest BCUT2D eigenvalue weighted by Gasteiger charge is -2.17. The Labute approximate surface area is 175 Å². The van der Waals surface area contributed by atoms with Crippen molar-refractivity contribution in [3.8, 4) is 0 Å². The molecule has 0 fully saturated rings. The van der Waals surface area contributed by atoms with Gasteiger partial charge in [-0.05, 0) is 44.5 Å². The zero-order chi connectivity index (χ0) is 17.9. The van der Waals surface area contributed by atoms with Gasteiger partial charge in [-0.25, -0.2) is 0 Å². The Morgan fingerprint density at radius 3 is 2.72 bits per heavy atom. The molecule has 0 aliphatic heterocycles. The number of methoxy groups -OCH3 is 1. The number of carbonyl (C=O) groups excluding carboxylic acids is 1. The maximum Gasteiger partial charge on any atom is 0.226 e. The summed E-state index contributed by atoms with van der Waals surface area (Å²) >= 11 is 3.41. The molecule has 8 heteroatoms. The van der Waals surface area contributed by atoms with Crippen LogP contribution in [0.4, 0.5) is 5.69 Å². The quantitative estimate of drug-likeness (QED) is 0.276. The second-order valence-corrected chi connectivity index (χ2v) is 6.43. The summed E-state index contributed by atoms with van der Waals surface area (Å²) in [4.78, 5) is 16.5. The number of amides is 1. The van der Waals surface area contributed by atoms with Gasteiger partial charge in [0.1, 0.15) is 0 Å². The number of aliphatic imine (C=N–C) groups is 1. The van der Waals surface area contributed by atoms with Crippen LogP contribution in [0.3, 0.4) is 0 Å². The molecule has 0 bridgehead atoms. The van der Waals surface area contributed by atoms with Gasteiger partial charge in [-0.15, -0.1) is 24.0 Å². The van der Waals surface area contributed by atoms with Crippen LogP contribution < -0.4 is 16.0 Å². The standard InChI is InChI=1S/C17H27BrN4O2.HI/c1-5-19-17(21-13(3)11-24-4)20-9-8-16(23)22-15-7-6-14(18)10-12(15)2;/h6-7,10,13H,5,8-9,11H2,1-4H3,(H,22,23)(H2,19,20,21);1H. The lowest BCUT2D eigenvalue weighted by molar-refractivity contribution is -0.116. The van der Waals surface area contributed by atoms with E-state index >= 15 is 0 Å². The van der Waals surface area contributed by atoms with Crippen LogP contribution in [0.15, 0.2) is 27.7 Å². The van der Waals surface area contributed by atoms with E-state index in [1.165, 1.54) is 0 Å². The highest BCUT2D eigenvalue weighted by Crippen LogP contribution is 2.20. The highest BCUT2D eigenvalue weighted by Gasteiger charge is 2.07. The molecule has 0 spiro atoms. The average molecular weight is 527 g/mol. The second kappa shape index (κ2) is 13.3. The molecule has 1 aromatic rings. The Kier molecular flexibility index (Phi) is 12.9. The Balaban J connectivity index is 0.00000576. The van der Waals surface area contributed by atoms with Crippen molar-refractivity contribution < 1.29 is 9.53 Å². The number of benzene rings is 1. The first kappa shape index (κ1) is 24.1. The predicted molar refractivity (Wildman–Crippen MR) is 118 cm³/mol. The molecule has 0 heterocycles. The normalized spacial score (nSPS) is 12.1. The van der Waals surface area contributed by atoms with E-state index in [1.54, 1.807) is 7.11 Å². The van der Waals surface area contributed by atoms with E-state index < -0.39 is 0 Å². The van der Waals surface area contributed by atoms with E-state index in [0.717, 1.165) is 22.3 Å². The minimum Gasteiger partial charge on any atom is -0.383 e. The van der Waals surface area contributed by atoms with Crippen LogP contribution in [0.2, 0.25) is 0 Å². The fourth-order valence-corrected chi connectivity index (χ4v) is 2.57. The molecule has 1 atom stereocenters. The molecule has 1 aromatic carbocycles. The first-order valence-corrected chi connectivity index (χ1v) is 8.85. The highest BCUT2D eigenvalue weighted by molar-refractivity contribution is 14.0. The summed E-state index contributed by atoms with van der Waals surface area (Å²) in [6.45, 7) is 7.74. The third-order valence-corrected chi connectivity index (χ3v) is 3.71. The molecule has 0 saturated carbocycles. The first-order chi connectivity index (χ1) is 11.5. The van der Waals surface area contributed by atoms with Crippen LogP contribution in [0.1, 0.15) is 25.8 Å². The van der Waals surface area contributed by atoms with Gasteiger partial charge in [0.15, 0.2) is 5.96 Å². The number of halogens is 2. The number of anilines is 1. The summed E-state index contributed by atoms with van der Waals surface area (Å²) in [5.74, 6) is 0.639. The Hall–Kier alpha value is -0.870. The van der Waals surface area contributed by atoms with Gasteiger partial charge in [-0.3, -0.25) is 9.79 Å². The molecule has 3 N–H and O–H groups in total. The van der Waals surface area contributed by atoms with Crippen molar-refractivity contribution >= 4 is 57.5 Å². The van der Waals surface area contributed by atoms with Crippen molar-refractivity contribution in [3.05, 3.63) is 28.2 Å². The summed E-state index contributed by atoms with van der Waals surface area (Å²) in [7, 11) is 1.66. The van der Waals surface area contributed by atoms with E-state index in [1.807, 2.05) is 39.0 Å². The van der Waals surface area contributed by atoms with Crippen LogP contribution in [-0.4, -0.2) is 44.7 Å². The summed E-state index contributed by atoms with van der Waals surface area (Å²) in [5, 5.41) is 9.31. The minimum atomic E-state index is -0.0510. The average Bonchev–Trinajstić information content (AvgIpc) is 2.50. The Morgan fingerprint density at radius 1 is 1.40 bits per heavy atom. The largest absolute Gasteiger partial charge is 0.383 e. The van der Waals surface area contributed by atoms with Crippen molar-refractivity contribution in [2.45, 2.75) is 33.2 Å². The molecule has 1 amide bonds. The molecule has 142 valence electrons. The second-order valence-electron chi connectivity index (χ2n) is 5.52. The molecule has 25 heavy (non-hydrogen) atoms. The monoisotopic (exact) mass is 526 g/mol. The van der Waals surface area contributed by atoms with Crippen LogP contribution in [0, 0.1) is 6.92 Å². The molecule has 6 nitrogen and oxygen atoms in total. The maximum absolute atomic E-state index is 12.1. The number of ether oxygens (including phenoxy) is 1. The zero-order valence-corrected chi connectivity index (χ0v) is 19.1. The SMILES string of the molecule is CCNC(=NCCC(=O)Nc1ccc(Br)cc1C)NC(C)COC.I. The lowest BCUT2D eigenvalue weighted by atomic mass is 10.2. The smallest absolute Gasteiger partial charge is 0.226 e.